The molecule has 0 saturated heterocycles. The number of hydrogen-bond acceptors (Lipinski definition) is 1. The number of alkyl halides is 2. The van der Waals surface area contributed by atoms with Crippen LogP contribution in [0.1, 0.15) is 43.7 Å². The van der Waals surface area contributed by atoms with Gasteiger partial charge in [-0.3, -0.25) is 0 Å². The van der Waals surface area contributed by atoms with Crippen LogP contribution in [-0.2, 0) is 5.54 Å². The van der Waals surface area contributed by atoms with Crippen molar-refractivity contribution in [3.05, 3.63) is 35.4 Å². The van der Waals surface area contributed by atoms with Gasteiger partial charge in [0.1, 0.15) is 0 Å². The second kappa shape index (κ2) is 3.52. The van der Waals surface area contributed by atoms with Gasteiger partial charge in [-0.1, -0.05) is 38.1 Å². The zero-order chi connectivity index (χ0) is 12.0. The predicted molar refractivity (Wildman–Crippen MR) is 60.6 cm³/mol. The second-order valence-corrected chi connectivity index (χ2v) is 5.14. The van der Waals surface area contributed by atoms with Crippen LogP contribution in [0.25, 0.3) is 0 Å². The molecule has 1 fully saturated rings. The summed E-state index contributed by atoms with van der Waals surface area (Å²) in [5, 5.41) is 0. The SMILES string of the molecule is CC(C)c1ccc(C2(N)CC(F)(F)C2)cc1. The molecule has 0 radical (unpaired) electrons. The lowest BCUT2D eigenvalue weighted by atomic mass is 9.69. The van der Waals surface area contributed by atoms with E-state index in [-0.39, 0.29) is 12.8 Å². The molecule has 1 aliphatic carbocycles. The first-order chi connectivity index (χ1) is 7.32. The molecule has 0 spiro atoms. The molecule has 88 valence electrons. The third kappa shape index (κ3) is 1.96. The number of rotatable bonds is 2. The zero-order valence-electron chi connectivity index (χ0n) is 9.63. The van der Waals surface area contributed by atoms with E-state index in [1.165, 1.54) is 5.56 Å². The molecule has 0 aliphatic heterocycles. The zero-order valence-corrected chi connectivity index (χ0v) is 9.63. The van der Waals surface area contributed by atoms with Crippen molar-refractivity contribution in [2.45, 2.75) is 44.1 Å². The summed E-state index contributed by atoms with van der Waals surface area (Å²) in [6, 6.07) is 7.71. The minimum atomic E-state index is -2.58. The van der Waals surface area contributed by atoms with Crippen LogP contribution in [0.3, 0.4) is 0 Å². The summed E-state index contributed by atoms with van der Waals surface area (Å²) in [5.41, 5.74) is 7.15. The van der Waals surface area contributed by atoms with Crippen LogP contribution >= 0.6 is 0 Å². The van der Waals surface area contributed by atoms with Gasteiger partial charge in [0.2, 0.25) is 0 Å². The van der Waals surface area contributed by atoms with Gasteiger partial charge in [-0.15, -0.1) is 0 Å². The van der Waals surface area contributed by atoms with E-state index in [0.717, 1.165) is 5.56 Å². The van der Waals surface area contributed by atoms with Crippen LogP contribution in [-0.4, -0.2) is 5.92 Å². The van der Waals surface area contributed by atoms with Gasteiger partial charge in [0.15, 0.2) is 0 Å². The van der Waals surface area contributed by atoms with Gasteiger partial charge in [0.05, 0.1) is 5.54 Å². The summed E-state index contributed by atoms with van der Waals surface area (Å²) < 4.78 is 25.7. The van der Waals surface area contributed by atoms with Crippen LogP contribution in [0.2, 0.25) is 0 Å². The topological polar surface area (TPSA) is 26.0 Å². The Morgan fingerprint density at radius 2 is 1.62 bits per heavy atom. The molecule has 1 nitrogen and oxygen atoms in total. The van der Waals surface area contributed by atoms with Crippen molar-refractivity contribution >= 4 is 0 Å². The maximum absolute atomic E-state index is 12.8. The molecule has 16 heavy (non-hydrogen) atoms. The highest BCUT2D eigenvalue weighted by Crippen LogP contribution is 2.49. The summed E-state index contributed by atoms with van der Waals surface area (Å²) in [4.78, 5) is 0. The minimum Gasteiger partial charge on any atom is -0.321 e. The van der Waals surface area contributed by atoms with E-state index in [1.54, 1.807) is 0 Å². The first-order valence-corrected chi connectivity index (χ1v) is 5.60. The van der Waals surface area contributed by atoms with Gasteiger partial charge in [-0.05, 0) is 17.0 Å². The Balaban J connectivity index is 2.17. The molecule has 1 aromatic rings. The molecule has 3 heteroatoms. The first-order valence-electron chi connectivity index (χ1n) is 5.60. The van der Waals surface area contributed by atoms with Crippen LogP contribution in [0, 0.1) is 0 Å². The maximum atomic E-state index is 12.8. The lowest BCUT2D eigenvalue weighted by Gasteiger charge is -2.45. The van der Waals surface area contributed by atoms with Crippen molar-refractivity contribution in [2.75, 3.05) is 0 Å². The molecule has 0 atom stereocenters. The standard InChI is InChI=1S/C13H17F2N/c1-9(2)10-3-5-11(6-4-10)12(16)7-13(14,15)8-12/h3-6,9H,7-8,16H2,1-2H3. The lowest BCUT2D eigenvalue weighted by molar-refractivity contribution is -0.125. The summed E-state index contributed by atoms with van der Waals surface area (Å²) in [7, 11) is 0. The fourth-order valence-corrected chi connectivity index (χ4v) is 2.28. The first kappa shape index (κ1) is 11.5. The third-order valence-electron chi connectivity index (χ3n) is 3.30. The summed E-state index contributed by atoms with van der Waals surface area (Å²) >= 11 is 0. The second-order valence-electron chi connectivity index (χ2n) is 5.14. The van der Waals surface area contributed by atoms with E-state index in [4.69, 9.17) is 5.73 Å². The van der Waals surface area contributed by atoms with Gasteiger partial charge in [0, 0.05) is 12.8 Å². The van der Waals surface area contributed by atoms with Crippen LogP contribution in [0.15, 0.2) is 24.3 Å². The normalized spacial score (nSPS) is 21.9. The Bertz CT molecular complexity index is 373. The van der Waals surface area contributed by atoms with E-state index in [0.29, 0.717) is 5.92 Å². The van der Waals surface area contributed by atoms with Crippen molar-refractivity contribution in [2.24, 2.45) is 5.73 Å². The molecule has 0 unspecified atom stereocenters. The van der Waals surface area contributed by atoms with E-state index in [1.807, 2.05) is 24.3 Å². The monoisotopic (exact) mass is 225 g/mol. The smallest absolute Gasteiger partial charge is 0.252 e. The van der Waals surface area contributed by atoms with Crippen molar-refractivity contribution in [1.29, 1.82) is 0 Å². The molecule has 0 aromatic heterocycles. The lowest BCUT2D eigenvalue weighted by Crippen LogP contribution is -2.55. The molecule has 0 heterocycles. The largest absolute Gasteiger partial charge is 0.321 e. The van der Waals surface area contributed by atoms with Gasteiger partial charge < -0.3 is 5.73 Å². The molecule has 2 rings (SSSR count). The Hall–Kier alpha value is -0.960. The Labute approximate surface area is 94.7 Å². The third-order valence-corrected chi connectivity index (χ3v) is 3.30. The number of benzene rings is 1. The van der Waals surface area contributed by atoms with Crippen LogP contribution in [0.4, 0.5) is 8.78 Å². The summed E-state index contributed by atoms with van der Waals surface area (Å²) in [5.74, 6) is -2.13. The number of nitrogens with two attached hydrogens (primary N) is 1. The van der Waals surface area contributed by atoms with E-state index < -0.39 is 11.5 Å². The quantitative estimate of drug-likeness (QED) is 0.820. The van der Waals surface area contributed by atoms with Crippen molar-refractivity contribution in [3.63, 3.8) is 0 Å². The molecule has 2 N–H and O–H groups in total. The highest BCUT2D eigenvalue weighted by Gasteiger charge is 2.55. The van der Waals surface area contributed by atoms with Gasteiger partial charge >= 0.3 is 0 Å². The molecular formula is C13H17F2N. The fourth-order valence-electron chi connectivity index (χ4n) is 2.28. The van der Waals surface area contributed by atoms with Crippen LogP contribution in [0.5, 0.6) is 0 Å². The number of halogens is 2. The molecule has 1 aromatic carbocycles. The Morgan fingerprint density at radius 3 is 2.00 bits per heavy atom. The predicted octanol–water partition coefficient (Wildman–Crippen LogP) is 3.39. The van der Waals surface area contributed by atoms with Gasteiger partial charge in [-0.2, -0.15) is 0 Å². The van der Waals surface area contributed by atoms with Gasteiger partial charge in [0.25, 0.3) is 5.92 Å². The van der Waals surface area contributed by atoms with Gasteiger partial charge in [-0.25, -0.2) is 8.78 Å². The van der Waals surface area contributed by atoms with E-state index >= 15 is 0 Å². The maximum Gasteiger partial charge on any atom is 0.252 e. The highest BCUT2D eigenvalue weighted by molar-refractivity contribution is 5.32. The van der Waals surface area contributed by atoms with E-state index in [9.17, 15) is 8.78 Å². The average molecular weight is 225 g/mol. The van der Waals surface area contributed by atoms with Crippen molar-refractivity contribution in [3.8, 4) is 0 Å². The average Bonchev–Trinajstić information content (AvgIpc) is 2.14. The molecular weight excluding hydrogens is 208 g/mol. The molecule has 1 aliphatic rings. The molecule has 0 bridgehead atoms. The molecule has 0 amide bonds. The van der Waals surface area contributed by atoms with E-state index in [2.05, 4.69) is 13.8 Å². The fraction of sp³-hybridized carbons (Fsp3) is 0.538. The van der Waals surface area contributed by atoms with Crippen molar-refractivity contribution in [1.82, 2.24) is 0 Å². The minimum absolute atomic E-state index is 0.235. The highest BCUT2D eigenvalue weighted by atomic mass is 19.3. The summed E-state index contributed by atoms with van der Waals surface area (Å²) in [6.45, 7) is 4.20. The van der Waals surface area contributed by atoms with Crippen LogP contribution < -0.4 is 5.73 Å². The molecule has 1 saturated carbocycles. The van der Waals surface area contributed by atoms with Crippen molar-refractivity contribution < 1.29 is 8.78 Å². The Kier molecular flexibility index (Phi) is 2.54. The number of hydrogen-bond donors (Lipinski definition) is 1. The Morgan fingerprint density at radius 1 is 1.12 bits per heavy atom. The summed E-state index contributed by atoms with van der Waals surface area (Å²) in [6.07, 6.45) is -0.470.